The van der Waals surface area contributed by atoms with Gasteiger partial charge in [0, 0.05) is 12.1 Å². The highest BCUT2D eigenvalue weighted by Crippen LogP contribution is 2.24. The highest BCUT2D eigenvalue weighted by Gasteiger charge is 2.35. The summed E-state index contributed by atoms with van der Waals surface area (Å²) < 4.78 is 13.1. The van der Waals surface area contributed by atoms with Crippen molar-refractivity contribution in [1.29, 1.82) is 0 Å². The number of carbonyl (C=O) groups excluding carboxylic acids is 3. The van der Waals surface area contributed by atoms with E-state index in [-0.39, 0.29) is 18.7 Å². The van der Waals surface area contributed by atoms with E-state index < -0.39 is 29.6 Å². The molecule has 1 unspecified atom stereocenters. The number of rotatable bonds is 6. The lowest BCUT2D eigenvalue weighted by molar-refractivity contribution is -0.125. The van der Waals surface area contributed by atoms with Crippen molar-refractivity contribution in [2.45, 2.75) is 19.4 Å². The van der Waals surface area contributed by atoms with Gasteiger partial charge in [0.25, 0.3) is 11.8 Å². The van der Waals surface area contributed by atoms with E-state index in [0.29, 0.717) is 5.69 Å². The fraction of sp³-hybridized carbons (Fsp3) is 0.200. The molecule has 10 heteroatoms. The first-order chi connectivity index (χ1) is 14.3. The topological polar surface area (TPSA) is 129 Å². The van der Waals surface area contributed by atoms with Crippen LogP contribution in [0.2, 0.25) is 0 Å². The molecule has 0 aromatic heterocycles. The second-order valence-electron chi connectivity index (χ2n) is 6.71. The third-order valence-electron chi connectivity index (χ3n) is 4.41. The van der Waals surface area contributed by atoms with Crippen molar-refractivity contribution >= 4 is 34.8 Å². The molecule has 0 spiro atoms. The number of benzene rings is 2. The summed E-state index contributed by atoms with van der Waals surface area (Å²) in [6.45, 7) is 1.90. The van der Waals surface area contributed by atoms with Gasteiger partial charge in [-0.25, -0.2) is 4.39 Å². The van der Waals surface area contributed by atoms with Gasteiger partial charge in [-0.1, -0.05) is 17.7 Å². The average molecular weight is 412 g/mol. The van der Waals surface area contributed by atoms with Crippen LogP contribution in [0.5, 0.6) is 0 Å². The highest BCUT2D eigenvalue weighted by molar-refractivity contribution is 6.40. The van der Waals surface area contributed by atoms with Gasteiger partial charge in [-0.3, -0.25) is 30.2 Å². The molecular weight excluding hydrogens is 391 g/mol. The fourth-order valence-corrected chi connectivity index (χ4v) is 2.80. The van der Waals surface area contributed by atoms with Gasteiger partial charge < -0.3 is 11.1 Å². The van der Waals surface area contributed by atoms with E-state index in [1.807, 2.05) is 31.2 Å². The minimum Gasteiger partial charge on any atom is -0.376 e. The molecule has 0 radical (unpaired) electrons. The van der Waals surface area contributed by atoms with Gasteiger partial charge in [-0.2, -0.15) is 5.10 Å². The van der Waals surface area contributed by atoms with Crippen molar-refractivity contribution in [3.05, 3.63) is 59.9 Å². The van der Waals surface area contributed by atoms with E-state index in [1.165, 1.54) is 29.3 Å². The van der Waals surface area contributed by atoms with Gasteiger partial charge in [0.2, 0.25) is 5.91 Å². The number of hydrogen-bond donors (Lipinski definition) is 4. The van der Waals surface area contributed by atoms with Crippen LogP contribution < -0.4 is 26.9 Å². The molecular formula is C20H21FN6O3. The first kappa shape index (κ1) is 20.8. The predicted octanol–water partition coefficient (Wildman–Crippen LogP) is 0.814. The van der Waals surface area contributed by atoms with Gasteiger partial charge in [0.1, 0.15) is 17.6 Å². The number of amides is 3. The van der Waals surface area contributed by atoms with Crippen LogP contribution in [-0.2, 0) is 14.4 Å². The Kier molecular flexibility index (Phi) is 6.26. The number of carbonyl (C=O) groups is 3. The lowest BCUT2D eigenvalue weighted by Crippen LogP contribution is -2.47. The van der Waals surface area contributed by atoms with Crippen molar-refractivity contribution < 1.29 is 18.8 Å². The molecule has 0 fully saturated rings. The van der Waals surface area contributed by atoms with E-state index in [4.69, 9.17) is 5.73 Å². The van der Waals surface area contributed by atoms with E-state index in [0.717, 1.165) is 11.3 Å². The van der Waals surface area contributed by atoms with Crippen molar-refractivity contribution in [3.8, 4) is 0 Å². The summed E-state index contributed by atoms with van der Waals surface area (Å²) in [6, 6.07) is 11.9. The summed E-state index contributed by atoms with van der Waals surface area (Å²) in [5.74, 6) is -2.27. The molecule has 3 amide bonds. The summed E-state index contributed by atoms with van der Waals surface area (Å²) in [5.41, 5.74) is 12.2. The highest BCUT2D eigenvalue weighted by atomic mass is 19.1. The van der Waals surface area contributed by atoms with E-state index in [1.54, 1.807) is 0 Å². The van der Waals surface area contributed by atoms with Crippen molar-refractivity contribution in [3.63, 3.8) is 0 Å². The number of nitrogens with two attached hydrogens (primary N) is 1. The lowest BCUT2D eigenvalue weighted by atomic mass is 10.1. The van der Waals surface area contributed by atoms with Crippen LogP contribution in [0.1, 0.15) is 12.0 Å². The summed E-state index contributed by atoms with van der Waals surface area (Å²) in [6.07, 6.45) is -0.0456. The van der Waals surface area contributed by atoms with Crippen LogP contribution in [0.15, 0.2) is 53.6 Å². The fourth-order valence-electron chi connectivity index (χ4n) is 2.80. The third kappa shape index (κ3) is 5.10. The summed E-state index contributed by atoms with van der Waals surface area (Å²) in [5, 5.41) is 8.31. The van der Waals surface area contributed by atoms with Crippen LogP contribution >= 0.6 is 0 Å². The van der Waals surface area contributed by atoms with E-state index in [2.05, 4.69) is 21.3 Å². The largest absolute Gasteiger partial charge is 0.376 e. The van der Waals surface area contributed by atoms with Crippen LogP contribution in [0.25, 0.3) is 0 Å². The van der Waals surface area contributed by atoms with Gasteiger partial charge in [-0.05, 0) is 43.3 Å². The molecule has 9 nitrogen and oxygen atoms in total. The predicted molar refractivity (Wildman–Crippen MR) is 110 cm³/mol. The number of primary amides is 1. The molecule has 0 aliphatic carbocycles. The number of hydrazone groups is 1. The van der Waals surface area contributed by atoms with Crippen LogP contribution in [0.3, 0.4) is 0 Å². The smallest absolute Gasteiger partial charge is 0.285 e. The van der Waals surface area contributed by atoms with Crippen LogP contribution in [0, 0.1) is 12.7 Å². The summed E-state index contributed by atoms with van der Waals surface area (Å²) in [7, 11) is 0. The monoisotopic (exact) mass is 412 g/mol. The Balaban J connectivity index is 1.56. The Labute approximate surface area is 172 Å². The number of hydrazine groups is 1. The molecule has 0 saturated carbocycles. The zero-order valence-electron chi connectivity index (χ0n) is 16.2. The molecule has 156 valence electrons. The first-order valence-corrected chi connectivity index (χ1v) is 9.15. The number of aryl methyl sites for hydroxylation is 1. The zero-order chi connectivity index (χ0) is 21.7. The van der Waals surface area contributed by atoms with E-state index in [9.17, 15) is 18.8 Å². The molecule has 1 aliphatic rings. The first-order valence-electron chi connectivity index (χ1n) is 9.15. The van der Waals surface area contributed by atoms with Crippen LogP contribution in [-0.4, -0.2) is 36.0 Å². The van der Waals surface area contributed by atoms with E-state index >= 15 is 0 Å². The molecule has 0 saturated heterocycles. The van der Waals surface area contributed by atoms with Crippen molar-refractivity contribution in [2.24, 2.45) is 10.8 Å². The molecule has 1 aliphatic heterocycles. The van der Waals surface area contributed by atoms with Crippen LogP contribution in [0.4, 0.5) is 15.8 Å². The standard InChI is InChI=1S/C20H21FN6O3/c1-12-2-6-14(7-3-12)23-11-18(28)24-25-20(30)16-10-17(19(22)29)27(26-16)15-8-4-13(21)5-9-15/h2-9,17,23H,10-11H2,1H3,(H2,22,29)(H,24,28)(H,25,30). The maximum atomic E-state index is 13.1. The minimum atomic E-state index is -0.893. The Morgan fingerprint density at radius 2 is 1.77 bits per heavy atom. The summed E-state index contributed by atoms with van der Waals surface area (Å²) in [4.78, 5) is 36.0. The lowest BCUT2D eigenvalue weighted by Gasteiger charge is -2.20. The molecule has 1 heterocycles. The van der Waals surface area contributed by atoms with Crippen molar-refractivity contribution in [1.82, 2.24) is 10.9 Å². The Hall–Kier alpha value is -3.95. The minimum absolute atomic E-state index is 0.00918. The number of hydrogen-bond acceptors (Lipinski definition) is 6. The maximum absolute atomic E-state index is 13.1. The van der Waals surface area contributed by atoms with Gasteiger partial charge in [0.15, 0.2) is 0 Å². The average Bonchev–Trinajstić information content (AvgIpc) is 3.18. The quantitative estimate of drug-likeness (QED) is 0.522. The molecule has 3 rings (SSSR count). The Morgan fingerprint density at radius 1 is 1.10 bits per heavy atom. The summed E-state index contributed by atoms with van der Waals surface area (Å²) >= 11 is 0. The molecule has 1 atom stereocenters. The Bertz CT molecular complexity index is 975. The normalized spacial score (nSPS) is 15.3. The molecule has 2 aromatic carbocycles. The second kappa shape index (κ2) is 9.03. The van der Waals surface area contributed by atoms with Gasteiger partial charge in [-0.15, -0.1) is 0 Å². The number of nitrogens with one attached hydrogen (secondary N) is 3. The number of halogens is 1. The Morgan fingerprint density at radius 3 is 2.40 bits per heavy atom. The maximum Gasteiger partial charge on any atom is 0.285 e. The molecule has 0 bridgehead atoms. The molecule has 5 N–H and O–H groups in total. The molecule has 30 heavy (non-hydrogen) atoms. The second-order valence-corrected chi connectivity index (χ2v) is 6.71. The third-order valence-corrected chi connectivity index (χ3v) is 4.41. The number of anilines is 2. The van der Waals surface area contributed by atoms with Gasteiger partial charge >= 0.3 is 0 Å². The zero-order valence-corrected chi connectivity index (χ0v) is 16.2. The van der Waals surface area contributed by atoms with Crippen molar-refractivity contribution in [2.75, 3.05) is 16.9 Å². The SMILES string of the molecule is Cc1ccc(NCC(=O)NNC(=O)C2=NN(c3ccc(F)cc3)C(C(N)=O)C2)cc1. The number of nitrogens with zero attached hydrogens (tertiary/aromatic N) is 2. The van der Waals surface area contributed by atoms with Gasteiger partial charge in [0.05, 0.1) is 12.2 Å². The molecule has 2 aromatic rings.